The van der Waals surface area contributed by atoms with Gasteiger partial charge in [-0.1, -0.05) is 11.3 Å². The summed E-state index contributed by atoms with van der Waals surface area (Å²) in [5, 5.41) is 14.2. The Morgan fingerprint density at radius 2 is 1.96 bits per heavy atom. The molecule has 130 valence electrons. The molecule has 0 saturated heterocycles. The van der Waals surface area contributed by atoms with Gasteiger partial charge in [0.1, 0.15) is 16.4 Å². The van der Waals surface area contributed by atoms with Crippen molar-refractivity contribution in [1.29, 1.82) is 0 Å². The van der Waals surface area contributed by atoms with Gasteiger partial charge < -0.3 is 0 Å². The summed E-state index contributed by atoms with van der Waals surface area (Å²) in [7, 11) is 0. The second-order valence-electron chi connectivity index (χ2n) is 5.72. The number of nitrogens with zero attached hydrogens (tertiary/aromatic N) is 3. The molecule has 9 heteroatoms. The number of hydrogen-bond donors (Lipinski definition) is 2. The summed E-state index contributed by atoms with van der Waals surface area (Å²) in [5.41, 5.74) is 0.371. The van der Waals surface area contributed by atoms with E-state index in [9.17, 15) is 14.0 Å². The van der Waals surface area contributed by atoms with Crippen LogP contribution in [0.4, 0.5) is 9.52 Å². The Morgan fingerprint density at radius 3 is 2.52 bits per heavy atom. The van der Waals surface area contributed by atoms with Crippen LogP contribution >= 0.6 is 11.3 Å². The molecule has 0 saturated carbocycles. The van der Waals surface area contributed by atoms with Crippen molar-refractivity contribution in [3.8, 4) is 11.3 Å². The normalized spacial score (nSPS) is 11.1. The van der Waals surface area contributed by atoms with Gasteiger partial charge in [0.2, 0.25) is 5.13 Å². The molecule has 7 nitrogen and oxygen atoms in total. The number of aromatic amines is 1. The zero-order valence-corrected chi connectivity index (χ0v) is 14.6. The number of rotatable bonds is 4. The van der Waals surface area contributed by atoms with Crippen molar-refractivity contribution in [1.82, 2.24) is 20.0 Å². The van der Waals surface area contributed by atoms with Crippen molar-refractivity contribution in [3.63, 3.8) is 0 Å². The molecule has 0 aliphatic rings. The zero-order valence-electron chi connectivity index (χ0n) is 13.8. The first kappa shape index (κ1) is 17.0. The lowest BCUT2D eigenvalue weighted by Crippen LogP contribution is -2.26. The van der Waals surface area contributed by atoms with E-state index < -0.39 is 17.3 Å². The summed E-state index contributed by atoms with van der Waals surface area (Å²) in [5.74, 6) is -0.985. The predicted octanol–water partition coefficient (Wildman–Crippen LogP) is 2.98. The third kappa shape index (κ3) is 3.36. The standard InChI is InChI=1S/C16H16FN5O2S/c1-8(2)22-15(24)12(14(23)18-16-20-19-9(3)25-16)13(21-22)10-4-6-11(17)7-5-10/h4-8,21H,1-3H3,(H,18,20,23). The summed E-state index contributed by atoms with van der Waals surface area (Å²) in [6.45, 7) is 5.41. The minimum Gasteiger partial charge on any atom is -0.296 e. The van der Waals surface area contributed by atoms with E-state index in [4.69, 9.17) is 0 Å². The summed E-state index contributed by atoms with van der Waals surface area (Å²) >= 11 is 1.21. The lowest BCUT2D eigenvalue weighted by Gasteiger charge is -2.05. The minimum atomic E-state index is -0.587. The number of amides is 1. The first-order chi connectivity index (χ1) is 11.9. The van der Waals surface area contributed by atoms with Gasteiger partial charge in [0.15, 0.2) is 0 Å². The molecular weight excluding hydrogens is 345 g/mol. The summed E-state index contributed by atoms with van der Waals surface area (Å²) in [4.78, 5) is 25.3. The Kier molecular flexibility index (Phi) is 4.49. The van der Waals surface area contributed by atoms with Gasteiger partial charge in [-0.2, -0.15) is 0 Å². The predicted molar refractivity (Wildman–Crippen MR) is 93.4 cm³/mol. The molecule has 2 heterocycles. The van der Waals surface area contributed by atoms with Gasteiger partial charge in [-0.15, -0.1) is 10.2 Å². The third-order valence-corrected chi connectivity index (χ3v) is 4.29. The Labute approximate surface area is 146 Å². The molecule has 0 atom stereocenters. The van der Waals surface area contributed by atoms with E-state index in [2.05, 4.69) is 20.6 Å². The number of aromatic nitrogens is 4. The second-order valence-corrected chi connectivity index (χ2v) is 6.90. The molecule has 3 aromatic rings. The van der Waals surface area contributed by atoms with E-state index in [0.29, 0.717) is 21.4 Å². The monoisotopic (exact) mass is 361 g/mol. The number of aryl methyl sites for hydroxylation is 1. The van der Waals surface area contributed by atoms with Crippen LogP contribution in [0.1, 0.15) is 35.3 Å². The maximum atomic E-state index is 13.2. The quantitative estimate of drug-likeness (QED) is 0.747. The highest BCUT2D eigenvalue weighted by Crippen LogP contribution is 2.23. The van der Waals surface area contributed by atoms with E-state index in [1.807, 2.05) is 13.8 Å². The maximum Gasteiger partial charge on any atom is 0.280 e. The van der Waals surface area contributed by atoms with Gasteiger partial charge in [-0.25, -0.2) is 9.07 Å². The smallest absolute Gasteiger partial charge is 0.280 e. The lowest BCUT2D eigenvalue weighted by molar-refractivity contribution is 0.102. The largest absolute Gasteiger partial charge is 0.296 e. The molecule has 25 heavy (non-hydrogen) atoms. The van der Waals surface area contributed by atoms with Crippen LogP contribution < -0.4 is 10.9 Å². The maximum absolute atomic E-state index is 13.2. The van der Waals surface area contributed by atoms with Gasteiger partial charge in [0.05, 0.1) is 5.69 Å². The molecule has 0 fully saturated rings. The van der Waals surface area contributed by atoms with E-state index in [0.717, 1.165) is 0 Å². The number of benzene rings is 1. The molecular formula is C16H16FN5O2S. The van der Waals surface area contributed by atoms with Crippen molar-refractivity contribution < 1.29 is 9.18 Å². The van der Waals surface area contributed by atoms with Crippen molar-refractivity contribution in [3.05, 3.63) is 51.0 Å². The Hall–Kier alpha value is -2.81. The van der Waals surface area contributed by atoms with Crippen molar-refractivity contribution in [2.45, 2.75) is 26.8 Å². The van der Waals surface area contributed by atoms with Gasteiger partial charge in [0, 0.05) is 11.6 Å². The minimum absolute atomic E-state index is 0.0480. The Balaban J connectivity index is 2.08. The van der Waals surface area contributed by atoms with Crippen molar-refractivity contribution >= 4 is 22.4 Å². The average molecular weight is 361 g/mol. The van der Waals surface area contributed by atoms with Crippen LogP contribution in [-0.4, -0.2) is 25.9 Å². The number of carbonyl (C=O) groups excluding carboxylic acids is 1. The molecule has 0 spiro atoms. The van der Waals surface area contributed by atoms with Crippen molar-refractivity contribution in [2.75, 3.05) is 5.32 Å². The van der Waals surface area contributed by atoms with Crippen LogP contribution in [0.25, 0.3) is 11.3 Å². The number of halogens is 1. The molecule has 0 unspecified atom stereocenters. The van der Waals surface area contributed by atoms with E-state index in [1.54, 1.807) is 6.92 Å². The van der Waals surface area contributed by atoms with Crippen LogP contribution in [0.3, 0.4) is 0 Å². The molecule has 2 aromatic heterocycles. The first-order valence-electron chi connectivity index (χ1n) is 7.58. The Bertz CT molecular complexity index is 971. The average Bonchev–Trinajstić information content (AvgIpc) is 3.11. The first-order valence-corrected chi connectivity index (χ1v) is 8.40. The molecule has 0 radical (unpaired) electrons. The number of anilines is 1. The van der Waals surface area contributed by atoms with Crippen LogP contribution in [0, 0.1) is 12.7 Å². The van der Waals surface area contributed by atoms with Crippen LogP contribution in [0.15, 0.2) is 29.1 Å². The van der Waals surface area contributed by atoms with Crippen LogP contribution in [-0.2, 0) is 0 Å². The Morgan fingerprint density at radius 1 is 1.28 bits per heavy atom. The molecule has 3 rings (SSSR count). The lowest BCUT2D eigenvalue weighted by atomic mass is 10.1. The number of H-pyrrole nitrogens is 1. The molecule has 1 aromatic carbocycles. The van der Waals surface area contributed by atoms with Gasteiger partial charge in [-0.3, -0.25) is 20.0 Å². The summed E-state index contributed by atoms with van der Waals surface area (Å²) < 4.78 is 14.6. The fourth-order valence-electron chi connectivity index (χ4n) is 2.36. The molecule has 0 aliphatic carbocycles. The number of hydrogen-bond acceptors (Lipinski definition) is 5. The fraction of sp³-hybridized carbons (Fsp3) is 0.250. The summed E-state index contributed by atoms with van der Waals surface area (Å²) in [6.07, 6.45) is 0. The van der Waals surface area contributed by atoms with Crippen LogP contribution in [0.2, 0.25) is 0 Å². The molecule has 0 bridgehead atoms. The highest BCUT2D eigenvalue weighted by Gasteiger charge is 2.24. The fourth-order valence-corrected chi connectivity index (χ4v) is 2.95. The van der Waals surface area contributed by atoms with E-state index in [-0.39, 0.29) is 11.6 Å². The van der Waals surface area contributed by atoms with Crippen molar-refractivity contribution in [2.24, 2.45) is 0 Å². The van der Waals surface area contributed by atoms with Gasteiger partial charge in [0.25, 0.3) is 11.5 Å². The second kappa shape index (κ2) is 6.60. The SMILES string of the molecule is Cc1nnc(NC(=O)c2c(-c3ccc(F)cc3)[nH]n(C(C)C)c2=O)s1. The number of carbonyl (C=O) groups is 1. The zero-order chi connectivity index (χ0) is 18.1. The third-order valence-electron chi connectivity index (χ3n) is 3.54. The highest BCUT2D eigenvalue weighted by molar-refractivity contribution is 7.15. The molecule has 2 N–H and O–H groups in total. The van der Waals surface area contributed by atoms with Crippen LogP contribution in [0.5, 0.6) is 0 Å². The molecule has 1 amide bonds. The van der Waals surface area contributed by atoms with E-state index >= 15 is 0 Å². The van der Waals surface area contributed by atoms with Gasteiger partial charge >= 0.3 is 0 Å². The number of nitrogens with one attached hydrogen (secondary N) is 2. The highest BCUT2D eigenvalue weighted by atomic mass is 32.1. The summed E-state index contributed by atoms with van der Waals surface area (Å²) in [6, 6.07) is 5.40. The van der Waals surface area contributed by atoms with E-state index in [1.165, 1.54) is 40.3 Å². The molecule has 0 aliphatic heterocycles. The topological polar surface area (TPSA) is 92.7 Å². The van der Waals surface area contributed by atoms with Gasteiger partial charge in [-0.05, 0) is 45.0 Å².